The van der Waals surface area contributed by atoms with E-state index in [0.717, 1.165) is 12.8 Å². The van der Waals surface area contributed by atoms with Gasteiger partial charge in [-0.2, -0.15) is 0 Å². The fourth-order valence-electron chi connectivity index (χ4n) is 1.44. The predicted octanol–water partition coefficient (Wildman–Crippen LogP) is 1.95. The van der Waals surface area contributed by atoms with Crippen LogP contribution in [0.25, 0.3) is 0 Å². The lowest BCUT2D eigenvalue weighted by atomic mass is 9.67. The van der Waals surface area contributed by atoms with Crippen molar-refractivity contribution in [3.05, 3.63) is 0 Å². The normalized spacial score (nSPS) is 19.8. The summed E-state index contributed by atoms with van der Waals surface area (Å²) in [6.45, 7) is 2.38. The molecule has 0 amide bonds. The van der Waals surface area contributed by atoms with E-state index in [1.165, 1.54) is 19.3 Å². The minimum Gasteiger partial charge on any atom is -0.396 e. The first-order chi connectivity index (χ1) is 5.33. The van der Waals surface area contributed by atoms with Gasteiger partial charge in [-0.25, -0.2) is 0 Å². The monoisotopic (exact) mass is 152 g/mol. The van der Waals surface area contributed by atoms with E-state index < -0.39 is 0 Å². The van der Waals surface area contributed by atoms with Crippen molar-refractivity contribution in [1.29, 1.82) is 0 Å². The summed E-state index contributed by atoms with van der Waals surface area (Å²) in [5.74, 6) is 6.16. The van der Waals surface area contributed by atoms with Crippen LogP contribution in [0.4, 0.5) is 0 Å². The van der Waals surface area contributed by atoms with Gasteiger partial charge in [0, 0.05) is 24.9 Å². The molecule has 1 fully saturated rings. The molecule has 0 unspecified atom stereocenters. The molecule has 0 heterocycles. The van der Waals surface area contributed by atoms with Gasteiger partial charge in [-0.3, -0.25) is 0 Å². The smallest absolute Gasteiger partial charge is 0.0496 e. The Hall–Kier alpha value is -0.480. The van der Waals surface area contributed by atoms with Crippen LogP contribution in [0.5, 0.6) is 0 Å². The van der Waals surface area contributed by atoms with E-state index in [9.17, 15) is 0 Å². The molecule has 0 bridgehead atoms. The van der Waals surface area contributed by atoms with Crippen molar-refractivity contribution >= 4 is 0 Å². The maximum absolute atomic E-state index is 9.07. The lowest BCUT2D eigenvalue weighted by Crippen LogP contribution is -2.32. The molecule has 1 nitrogen and oxygen atoms in total. The van der Waals surface area contributed by atoms with Crippen LogP contribution in [0.1, 0.15) is 39.0 Å². The topological polar surface area (TPSA) is 20.2 Å². The second-order valence-corrected chi connectivity index (χ2v) is 3.40. The number of aliphatic hydroxyl groups is 1. The first kappa shape index (κ1) is 8.62. The summed E-state index contributed by atoms with van der Waals surface area (Å²) < 4.78 is 0. The van der Waals surface area contributed by atoms with Crippen molar-refractivity contribution in [2.45, 2.75) is 39.0 Å². The molecule has 1 aliphatic rings. The van der Waals surface area contributed by atoms with Crippen LogP contribution in [0.15, 0.2) is 0 Å². The average molecular weight is 152 g/mol. The third kappa shape index (κ3) is 1.97. The Bertz CT molecular complexity index is 164. The highest BCUT2D eigenvalue weighted by Gasteiger charge is 2.35. The van der Waals surface area contributed by atoms with Crippen molar-refractivity contribution in [1.82, 2.24) is 0 Å². The zero-order chi connectivity index (χ0) is 8.16. The van der Waals surface area contributed by atoms with Crippen LogP contribution >= 0.6 is 0 Å². The highest BCUT2D eigenvalue weighted by atomic mass is 16.3. The maximum atomic E-state index is 9.07. The Morgan fingerprint density at radius 1 is 1.36 bits per heavy atom. The molecule has 0 aromatic heterocycles. The standard InChI is InChI=1S/C10H16O/c1-2-3-4-6-10(9-11)7-5-8-10/h11H,2,5-9H2,1H3. The van der Waals surface area contributed by atoms with Gasteiger partial charge in [0.1, 0.15) is 0 Å². The lowest BCUT2D eigenvalue weighted by Gasteiger charge is -2.38. The Morgan fingerprint density at radius 3 is 2.45 bits per heavy atom. The molecule has 0 spiro atoms. The van der Waals surface area contributed by atoms with Gasteiger partial charge in [-0.1, -0.05) is 13.3 Å². The quantitative estimate of drug-likeness (QED) is 0.600. The molecular formula is C10H16O. The van der Waals surface area contributed by atoms with Gasteiger partial charge in [0.05, 0.1) is 0 Å². The van der Waals surface area contributed by atoms with E-state index in [4.69, 9.17) is 5.11 Å². The lowest BCUT2D eigenvalue weighted by molar-refractivity contribution is 0.0498. The summed E-state index contributed by atoms with van der Waals surface area (Å²) in [6, 6.07) is 0. The number of hydrogen-bond donors (Lipinski definition) is 1. The van der Waals surface area contributed by atoms with Crippen molar-refractivity contribution in [2.75, 3.05) is 6.61 Å². The summed E-state index contributed by atoms with van der Waals surface area (Å²) in [7, 11) is 0. The summed E-state index contributed by atoms with van der Waals surface area (Å²) in [4.78, 5) is 0. The number of rotatable bonds is 2. The van der Waals surface area contributed by atoms with Gasteiger partial charge in [-0.05, 0) is 12.8 Å². The fourth-order valence-corrected chi connectivity index (χ4v) is 1.44. The SMILES string of the molecule is CCC#CCC1(CO)CCC1. The molecule has 62 valence electrons. The van der Waals surface area contributed by atoms with E-state index in [-0.39, 0.29) is 5.41 Å². The predicted molar refractivity (Wildman–Crippen MR) is 46.1 cm³/mol. The Kier molecular flexibility index (Phi) is 2.96. The molecule has 0 radical (unpaired) electrons. The fraction of sp³-hybridized carbons (Fsp3) is 0.800. The summed E-state index contributed by atoms with van der Waals surface area (Å²) in [5, 5.41) is 9.07. The van der Waals surface area contributed by atoms with E-state index in [1.807, 2.05) is 0 Å². The summed E-state index contributed by atoms with van der Waals surface area (Å²) >= 11 is 0. The molecule has 0 aromatic rings. The van der Waals surface area contributed by atoms with Gasteiger partial charge in [0.25, 0.3) is 0 Å². The molecule has 0 aromatic carbocycles. The minimum absolute atomic E-state index is 0.197. The Balaban J connectivity index is 2.32. The van der Waals surface area contributed by atoms with Crippen LogP contribution in [-0.4, -0.2) is 11.7 Å². The van der Waals surface area contributed by atoms with E-state index in [1.54, 1.807) is 0 Å². The summed E-state index contributed by atoms with van der Waals surface area (Å²) in [6.07, 6.45) is 5.44. The van der Waals surface area contributed by atoms with Gasteiger partial charge in [0.15, 0.2) is 0 Å². The molecule has 0 aliphatic heterocycles. The van der Waals surface area contributed by atoms with Gasteiger partial charge in [0.2, 0.25) is 0 Å². The molecule has 1 N–H and O–H groups in total. The molecule has 0 saturated heterocycles. The van der Waals surface area contributed by atoms with Gasteiger partial charge in [-0.15, -0.1) is 11.8 Å². The molecule has 1 heteroatoms. The van der Waals surface area contributed by atoms with Gasteiger partial charge < -0.3 is 5.11 Å². The van der Waals surface area contributed by atoms with Crippen molar-refractivity contribution in [3.63, 3.8) is 0 Å². The van der Waals surface area contributed by atoms with Crippen molar-refractivity contribution < 1.29 is 5.11 Å². The number of aliphatic hydroxyl groups excluding tert-OH is 1. The van der Waals surface area contributed by atoms with Crippen molar-refractivity contribution in [2.24, 2.45) is 5.41 Å². The second-order valence-electron chi connectivity index (χ2n) is 3.40. The number of hydrogen-bond acceptors (Lipinski definition) is 1. The molecule has 1 saturated carbocycles. The molecular weight excluding hydrogens is 136 g/mol. The Morgan fingerprint density at radius 2 is 2.09 bits per heavy atom. The van der Waals surface area contributed by atoms with Crippen LogP contribution in [0.2, 0.25) is 0 Å². The molecule has 0 atom stereocenters. The first-order valence-corrected chi connectivity index (χ1v) is 4.39. The van der Waals surface area contributed by atoms with E-state index in [2.05, 4.69) is 18.8 Å². The molecule has 1 aliphatic carbocycles. The zero-order valence-corrected chi connectivity index (χ0v) is 7.19. The van der Waals surface area contributed by atoms with Crippen molar-refractivity contribution in [3.8, 4) is 11.8 Å². The third-order valence-corrected chi connectivity index (χ3v) is 2.51. The molecule has 1 rings (SSSR count). The second kappa shape index (κ2) is 3.78. The molecule has 11 heavy (non-hydrogen) atoms. The van der Waals surface area contributed by atoms with E-state index in [0.29, 0.717) is 6.61 Å². The van der Waals surface area contributed by atoms with Crippen LogP contribution in [-0.2, 0) is 0 Å². The minimum atomic E-state index is 0.197. The van der Waals surface area contributed by atoms with E-state index >= 15 is 0 Å². The largest absolute Gasteiger partial charge is 0.396 e. The van der Waals surface area contributed by atoms with Crippen LogP contribution < -0.4 is 0 Å². The van der Waals surface area contributed by atoms with Gasteiger partial charge >= 0.3 is 0 Å². The zero-order valence-electron chi connectivity index (χ0n) is 7.19. The third-order valence-electron chi connectivity index (χ3n) is 2.51. The van der Waals surface area contributed by atoms with Crippen LogP contribution in [0.3, 0.4) is 0 Å². The summed E-state index contributed by atoms with van der Waals surface area (Å²) in [5.41, 5.74) is 0.197. The first-order valence-electron chi connectivity index (χ1n) is 4.39. The highest BCUT2D eigenvalue weighted by Crippen LogP contribution is 2.42. The Labute approximate surface area is 68.8 Å². The average Bonchev–Trinajstić information content (AvgIpc) is 1.95. The van der Waals surface area contributed by atoms with Crippen LogP contribution in [0, 0.1) is 17.3 Å². The maximum Gasteiger partial charge on any atom is 0.0496 e. The highest BCUT2D eigenvalue weighted by molar-refractivity contribution is 5.04.